The molecule has 3 aliphatic rings. The first-order valence-corrected chi connectivity index (χ1v) is 22.6. The van der Waals surface area contributed by atoms with Crippen molar-refractivity contribution in [3.05, 3.63) is 240 Å². The maximum atomic E-state index is 6.55. The molecule has 1 nitrogen and oxygen atoms in total. The molecule has 296 valence electrons. The molecule has 12 aromatic rings. The topological polar surface area (TPSA) is 13.1 Å². The Morgan fingerprint density at radius 3 is 1.61 bits per heavy atom. The van der Waals surface area contributed by atoms with Gasteiger partial charge in [-0.25, -0.2) is 0 Å². The molecule has 1 aromatic heterocycles. The van der Waals surface area contributed by atoms with E-state index < -0.39 is 5.41 Å². The second kappa shape index (κ2) is 12.6. The minimum absolute atomic E-state index is 0.443. The molecule has 1 spiro atoms. The minimum Gasteiger partial charge on any atom is -0.460 e. The van der Waals surface area contributed by atoms with Crippen LogP contribution >= 0.6 is 0 Å². The minimum atomic E-state index is -0.443. The average Bonchev–Trinajstić information content (AvgIpc) is 3.98. The standard InChI is InChI=1S/C63H38O/c1-2-15-39-36-56-52(34-38(39)14-1)51-30-25-40-33-41(26-29-44(40)62(51)63(56)54-23-11-9-17-45(54)46-18-10-12-24-55(46)63)59-47-19-5-7-21-49(47)60(50-22-8-6-20-48(50)59)42-28-31-57-53(35-42)61-43-16-4-3-13-37(43)27-32-58(61)64-57/h1-26,28-31,33-36H,27,32H2. The van der Waals surface area contributed by atoms with Crippen LogP contribution in [-0.2, 0) is 18.3 Å². The van der Waals surface area contributed by atoms with E-state index in [4.69, 9.17) is 4.42 Å². The second-order valence-corrected chi connectivity index (χ2v) is 18.1. The van der Waals surface area contributed by atoms with Gasteiger partial charge in [0.05, 0.1) is 5.41 Å². The van der Waals surface area contributed by atoms with E-state index in [9.17, 15) is 0 Å². The van der Waals surface area contributed by atoms with E-state index in [0.717, 1.165) is 24.2 Å². The lowest BCUT2D eigenvalue weighted by atomic mass is 9.69. The lowest BCUT2D eigenvalue weighted by molar-refractivity contribution is 0.546. The Morgan fingerprint density at radius 2 is 0.906 bits per heavy atom. The van der Waals surface area contributed by atoms with Crippen LogP contribution in [0.4, 0.5) is 0 Å². The largest absolute Gasteiger partial charge is 0.460 e. The third-order valence-electron chi connectivity index (χ3n) is 15.1. The zero-order valence-electron chi connectivity index (χ0n) is 35.0. The summed E-state index contributed by atoms with van der Waals surface area (Å²) in [5.74, 6) is 1.10. The maximum absolute atomic E-state index is 6.55. The van der Waals surface area contributed by atoms with E-state index in [1.807, 2.05) is 0 Å². The molecule has 0 radical (unpaired) electrons. The van der Waals surface area contributed by atoms with Gasteiger partial charge in [-0.05, 0) is 158 Å². The molecule has 0 aliphatic heterocycles. The molecule has 0 saturated carbocycles. The van der Waals surface area contributed by atoms with Crippen molar-refractivity contribution in [2.45, 2.75) is 18.3 Å². The number of aryl methyl sites for hydroxylation is 2. The summed E-state index contributed by atoms with van der Waals surface area (Å²) in [6.07, 6.45) is 1.94. The highest BCUT2D eigenvalue weighted by atomic mass is 16.3. The zero-order chi connectivity index (χ0) is 41.7. The highest BCUT2D eigenvalue weighted by Gasteiger charge is 2.52. The van der Waals surface area contributed by atoms with Gasteiger partial charge < -0.3 is 4.42 Å². The normalized spacial score (nSPS) is 13.9. The lowest BCUT2D eigenvalue weighted by Gasteiger charge is -2.31. The molecule has 0 amide bonds. The van der Waals surface area contributed by atoms with Gasteiger partial charge in [-0.2, -0.15) is 0 Å². The SMILES string of the molecule is c1ccc2c(c1)CCc1oc3ccc(-c4c5ccccc5c(-c5ccc6c7c(ccc6c5)-c5cc6ccccc6cc5C75c6ccccc6-c6ccccc65)c5ccccc45)cc3c1-2. The van der Waals surface area contributed by atoms with E-state index in [1.54, 1.807) is 0 Å². The third-order valence-corrected chi connectivity index (χ3v) is 15.1. The van der Waals surface area contributed by atoms with Crippen molar-refractivity contribution in [1.29, 1.82) is 0 Å². The van der Waals surface area contributed by atoms with E-state index in [2.05, 4.69) is 206 Å². The first-order valence-electron chi connectivity index (χ1n) is 22.6. The summed E-state index contributed by atoms with van der Waals surface area (Å²) in [6.45, 7) is 0. The molecule has 3 aliphatic carbocycles. The van der Waals surface area contributed by atoms with Crippen LogP contribution in [0.2, 0.25) is 0 Å². The molecular weight excluding hydrogens is 773 g/mol. The van der Waals surface area contributed by atoms with E-state index in [-0.39, 0.29) is 0 Å². The van der Waals surface area contributed by atoms with Gasteiger partial charge >= 0.3 is 0 Å². The van der Waals surface area contributed by atoms with Crippen molar-refractivity contribution in [3.63, 3.8) is 0 Å². The summed E-state index contributed by atoms with van der Waals surface area (Å²) in [5.41, 5.74) is 20.3. The summed E-state index contributed by atoms with van der Waals surface area (Å²) in [6, 6.07) is 77.9. The van der Waals surface area contributed by atoms with Crippen LogP contribution in [0.25, 0.3) is 110 Å². The summed E-state index contributed by atoms with van der Waals surface area (Å²) < 4.78 is 6.55. The van der Waals surface area contributed by atoms with Gasteiger partial charge in [0.25, 0.3) is 0 Å². The molecule has 11 aromatic carbocycles. The Bertz CT molecular complexity index is 3930. The van der Waals surface area contributed by atoms with Crippen molar-refractivity contribution in [1.82, 2.24) is 0 Å². The number of furan rings is 1. The molecule has 0 fully saturated rings. The van der Waals surface area contributed by atoms with Crippen molar-refractivity contribution >= 4 is 54.1 Å². The van der Waals surface area contributed by atoms with E-state index in [1.165, 1.54) is 132 Å². The van der Waals surface area contributed by atoms with E-state index >= 15 is 0 Å². The Hall–Kier alpha value is -8.00. The Kier molecular flexibility index (Phi) is 6.78. The van der Waals surface area contributed by atoms with Crippen LogP contribution in [0.5, 0.6) is 0 Å². The fraction of sp³-hybridized carbons (Fsp3) is 0.0476. The van der Waals surface area contributed by atoms with Gasteiger partial charge in [0.2, 0.25) is 0 Å². The number of hydrogen-bond acceptors (Lipinski definition) is 1. The Balaban J connectivity index is 0.976. The van der Waals surface area contributed by atoms with Crippen molar-refractivity contribution in [3.8, 4) is 55.6 Å². The first-order chi connectivity index (χ1) is 31.7. The third kappa shape index (κ3) is 4.38. The van der Waals surface area contributed by atoms with Crippen LogP contribution < -0.4 is 0 Å². The monoisotopic (exact) mass is 810 g/mol. The predicted octanol–water partition coefficient (Wildman–Crippen LogP) is 16.5. The maximum Gasteiger partial charge on any atom is 0.134 e. The van der Waals surface area contributed by atoms with Gasteiger partial charge in [-0.3, -0.25) is 0 Å². The van der Waals surface area contributed by atoms with Crippen molar-refractivity contribution < 1.29 is 4.42 Å². The van der Waals surface area contributed by atoms with Gasteiger partial charge in [-0.15, -0.1) is 0 Å². The summed E-state index contributed by atoms with van der Waals surface area (Å²) in [5, 5.41) is 11.3. The molecular formula is C63H38O. The molecule has 0 unspecified atom stereocenters. The highest BCUT2D eigenvalue weighted by molar-refractivity contribution is 6.22. The second-order valence-electron chi connectivity index (χ2n) is 18.1. The molecule has 1 heteroatoms. The van der Waals surface area contributed by atoms with Crippen LogP contribution in [0, 0.1) is 0 Å². The predicted molar refractivity (Wildman–Crippen MR) is 266 cm³/mol. The summed E-state index contributed by atoms with van der Waals surface area (Å²) in [4.78, 5) is 0. The molecule has 15 rings (SSSR count). The lowest BCUT2D eigenvalue weighted by Crippen LogP contribution is -2.26. The molecule has 0 N–H and O–H groups in total. The van der Waals surface area contributed by atoms with Gasteiger partial charge in [0.1, 0.15) is 11.3 Å². The molecule has 1 heterocycles. The smallest absolute Gasteiger partial charge is 0.134 e. The Labute approximate surface area is 370 Å². The first kappa shape index (κ1) is 34.6. The summed E-state index contributed by atoms with van der Waals surface area (Å²) in [7, 11) is 0. The fourth-order valence-corrected chi connectivity index (χ4v) is 12.6. The number of benzene rings is 11. The van der Waals surface area contributed by atoms with Gasteiger partial charge in [-0.1, -0.05) is 176 Å². The van der Waals surface area contributed by atoms with Gasteiger partial charge in [0, 0.05) is 17.4 Å². The van der Waals surface area contributed by atoms with Gasteiger partial charge in [0.15, 0.2) is 0 Å². The van der Waals surface area contributed by atoms with Crippen LogP contribution in [0.15, 0.2) is 211 Å². The van der Waals surface area contributed by atoms with Crippen LogP contribution in [0.3, 0.4) is 0 Å². The molecule has 0 saturated heterocycles. The van der Waals surface area contributed by atoms with Crippen LogP contribution in [-0.4, -0.2) is 0 Å². The number of rotatable bonds is 2. The number of hydrogen-bond donors (Lipinski definition) is 0. The van der Waals surface area contributed by atoms with E-state index in [0.29, 0.717) is 0 Å². The summed E-state index contributed by atoms with van der Waals surface area (Å²) >= 11 is 0. The quantitative estimate of drug-likeness (QED) is 0.159. The molecule has 64 heavy (non-hydrogen) atoms. The fourth-order valence-electron chi connectivity index (χ4n) is 12.6. The zero-order valence-corrected chi connectivity index (χ0v) is 35.0. The number of fused-ring (bicyclic) bond motifs is 20. The van der Waals surface area contributed by atoms with Crippen molar-refractivity contribution in [2.24, 2.45) is 0 Å². The van der Waals surface area contributed by atoms with Crippen LogP contribution in [0.1, 0.15) is 33.6 Å². The van der Waals surface area contributed by atoms with Crippen molar-refractivity contribution in [2.75, 3.05) is 0 Å². The molecule has 0 bridgehead atoms. The Morgan fingerprint density at radius 1 is 0.328 bits per heavy atom. The molecule has 0 atom stereocenters. The average molecular weight is 811 g/mol. The highest BCUT2D eigenvalue weighted by Crippen LogP contribution is 2.64.